The van der Waals surface area contributed by atoms with E-state index in [-0.39, 0.29) is 5.69 Å². The number of sulfonamides is 2. The minimum atomic E-state index is -3.96. The van der Waals surface area contributed by atoms with E-state index in [2.05, 4.69) is 0 Å². The number of hydrogen-bond acceptors (Lipinski definition) is 4. The number of anilines is 1. The molecule has 0 heterocycles. The molecule has 0 saturated heterocycles. The van der Waals surface area contributed by atoms with Crippen molar-refractivity contribution in [3.8, 4) is 0 Å². The standard InChI is InChI=1S/C9H12NO5S2/c1-16(12,13)10(17(2,14)15)9-5-3-4-8(6-9)7-11/h3-6H,7H2,1-2H3. The maximum absolute atomic E-state index is 11.4. The average Bonchev–Trinajstić information content (AvgIpc) is 2.13. The molecule has 1 aromatic carbocycles. The van der Waals surface area contributed by atoms with Crippen LogP contribution in [0.3, 0.4) is 0 Å². The van der Waals surface area contributed by atoms with Gasteiger partial charge in [-0.3, -0.25) is 0 Å². The molecule has 0 amide bonds. The Balaban J connectivity index is 3.44. The summed E-state index contributed by atoms with van der Waals surface area (Å²) in [5.41, 5.74) is 0.267. The van der Waals surface area contributed by atoms with E-state index in [0.29, 0.717) is 9.27 Å². The summed E-state index contributed by atoms with van der Waals surface area (Å²) >= 11 is 0. The normalized spacial score (nSPS) is 12.4. The molecule has 0 fully saturated rings. The highest BCUT2D eigenvalue weighted by atomic mass is 32.3. The Morgan fingerprint density at radius 3 is 2.00 bits per heavy atom. The Labute approximate surface area is 101 Å². The molecule has 0 saturated carbocycles. The van der Waals surface area contributed by atoms with Crippen LogP contribution >= 0.6 is 0 Å². The topological polar surface area (TPSA) is 91.4 Å². The number of nitrogens with zero attached hydrogens (tertiary/aromatic N) is 1. The Kier molecular flexibility index (Phi) is 3.80. The van der Waals surface area contributed by atoms with Crippen molar-refractivity contribution >= 4 is 25.7 Å². The van der Waals surface area contributed by atoms with Gasteiger partial charge >= 0.3 is 0 Å². The zero-order valence-electron chi connectivity index (χ0n) is 9.32. The lowest BCUT2D eigenvalue weighted by atomic mass is 10.2. The van der Waals surface area contributed by atoms with Crippen molar-refractivity contribution in [2.24, 2.45) is 0 Å². The second-order valence-corrected chi connectivity index (χ2v) is 7.43. The molecule has 0 bridgehead atoms. The number of benzene rings is 1. The minimum absolute atomic E-state index is 0.0525. The van der Waals surface area contributed by atoms with Gasteiger partial charge < -0.3 is 0 Å². The molecule has 0 aromatic heterocycles. The van der Waals surface area contributed by atoms with Crippen molar-refractivity contribution in [2.45, 2.75) is 6.61 Å². The van der Waals surface area contributed by atoms with Crippen molar-refractivity contribution < 1.29 is 21.9 Å². The van der Waals surface area contributed by atoms with Gasteiger partial charge in [-0.1, -0.05) is 12.1 Å². The van der Waals surface area contributed by atoms with Crippen LogP contribution in [0.2, 0.25) is 0 Å². The van der Waals surface area contributed by atoms with Gasteiger partial charge in [-0.25, -0.2) is 21.9 Å². The molecular weight excluding hydrogens is 266 g/mol. The summed E-state index contributed by atoms with van der Waals surface area (Å²) in [5, 5.41) is 10.7. The molecule has 95 valence electrons. The SMILES string of the molecule is CS(=O)(=O)N(c1cccc(C[O])c1)S(C)(=O)=O. The maximum Gasteiger partial charge on any atom is 0.245 e. The summed E-state index contributed by atoms with van der Waals surface area (Å²) in [6.45, 7) is -0.546. The summed E-state index contributed by atoms with van der Waals surface area (Å²) in [5.74, 6) is 0. The smallest absolute Gasteiger partial charge is 0.232 e. The molecule has 1 aromatic rings. The van der Waals surface area contributed by atoms with E-state index in [1.165, 1.54) is 24.3 Å². The summed E-state index contributed by atoms with van der Waals surface area (Å²) in [6.07, 6.45) is 1.58. The first-order chi connectivity index (χ1) is 7.66. The van der Waals surface area contributed by atoms with E-state index >= 15 is 0 Å². The van der Waals surface area contributed by atoms with E-state index < -0.39 is 26.7 Å². The third kappa shape index (κ3) is 3.42. The van der Waals surface area contributed by atoms with Crippen molar-refractivity contribution in [2.75, 3.05) is 16.2 Å². The van der Waals surface area contributed by atoms with E-state index in [0.717, 1.165) is 12.5 Å². The molecule has 6 nitrogen and oxygen atoms in total. The van der Waals surface area contributed by atoms with Crippen LogP contribution in [0.1, 0.15) is 5.56 Å². The Morgan fingerprint density at radius 1 is 1.06 bits per heavy atom. The van der Waals surface area contributed by atoms with Gasteiger partial charge in [0.05, 0.1) is 18.2 Å². The van der Waals surface area contributed by atoms with Gasteiger partial charge in [0.1, 0.15) is 6.61 Å². The van der Waals surface area contributed by atoms with Gasteiger partial charge in [0.25, 0.3) is 0 Å². The van der Waals surface area contributed by atoms with Crippen molar-refractivity contribution in [1.29, 1.82) is 0 Å². The Morgan fingerprint density at radius 2 is 1.59 bits per heavy atom. The first-order valence-electron chi connectivity index (χ1n) is 4.54. The first-order valence-corrected chi connectivity index (χ1v) is 8.23. The van der Waals surface area contributed by atoms with E-state index in [1.54, 1.807) is 0 Å². The van der Waals surface area contributed by atoms with Gasteiger partial charge in [-0.15, -0.1) is 0 Å². The highest BCUT2D eigenvalue weighted by molar-refractivity contribution is 8.09. The predicted molar refractivity (Wildman–Crippen MR) is 63.0 cm³/mol. The van der Waals surface area contributed by atoms with Gasteiger partial charge in [0.15, 0.2) is 0 Å². The Bertz CT molecular complexity index is 574. The van der Waals surface area contributed by atoms with Gasteiger partial charge in [0, 0.05) is 0 Å². The average molecular weight is 278 g/mol. The van der Waals surface area contributed by atoms with Crippen LogP contribution in [0.5, 0.6) is 0 Å². The molecule has 0 aliphatic rings. The van der Waals surface area contributed by atoms with Crippen LogP contribution in [0.4, 0.5) is 5.69 Å². The fourth-order valence-corrected chi connectivity index (χ4v) is 4.35. The molecule has 0 unspecified atom stereocenters. The second kappa shape index (κ2) is 4.63. The van der Waals surface area contributed by atoms with Crippen molar-refractivity contribution in [3.05, 3.63) is 29.8 Å². The molecule has 0 spiro atoms. The summed E-state index contributed by atoms with van der Waals surface area (Å²) in [6, 6.07) is 5.50. The lowest BCUT2D eigenvalue weighted by Crippen LogP contribution is -2.35. The quantitative estimate of drug-likeness (QED) is 0.794. The maximum atomic E-state index is 11.4. The van der Waals surface area contributed by atoms with Crippen LogP contribution in [-0.4, -0.2) is 29.3 Å². The zero-order valence-corrected chi connectivity index (χ0v) is 11.0. The Hall–Kier alpha value is -1.12. The second-order valence-electron chi connectivity index (χ2n) is 3.54. The molecule has 0 aliphatic heterocycles. The van der Waals surface area contributed by atoms with Crippen LogP contribution in [0.15, 0.2) is 24.3 Å². The number of rotatable bonds is 4. The molecular formula is C9H12NO5S2. The summed E-state index contributed by atoms with van der Waals surface area (Å²) in [7, 11) is -7.91. The minimum Gasteiger partial charge on any atom is -0.232 e. The molecule has 0 aliphatic carbocycles. The first kappa shape index (κ1) is 13.9. The van der Waals surface area contributed by atoms with E-state index in [1.807, 2.05) is 0 Å². The molecule has 8 heteroatoms. The fourth-order valence-electron chi connectivity index (χ4n) is 1.39. The third-order valence-electron chi connectivity index (χ3n) is 1.89. The summed E-state index contributed by atoms with van der Waals surface area (Å²) in [4.78, 5) is 0. The monoisotopic (exact) mass is 278 g/mol. The molecule has 1 radical (unpaired) electrons. The van der Waals surface area contributed by atoms with Crippen LogP contribution in [0, 0.1) is 0 Å². The highest BCUT2D eigenvalue weighted by Gasteiger charge is 2.27. The van der Waals surface area contributed by atoms with Gasteiger partial charge in [-0.05, 0) is 17.7 Å². The van der Waals surface area contributed by atoms with Gasteiger partial charge in [0.2, 0.25) is 20.0 Å². The van der Waals surface area contributed by atoms with Crippen molar-refractivity contribution in [1.82, 2.24) is 0 Å². The fraction of sp³-hybridized carbons (Fsp3) is 0.333. The lowest BCUT2D eigenvalue weighted by molar-refractivity contribution is 0.177. The third-order valence-corrected chi connectivity index (χ3v) is 5.14. The zero-order chi connectivity index (χ0) is 13.3. The molecule has 1 rings (SSSR count). The predicted octanol–water partition coefficient (Wildman–Crippen LogP) is 0.343. The molecule has 17 heavy (non-hydrogen) atoms. The highest BCUT2D eigenvalue weighted by Crippen LogP contribution is 2.22. The summed E-state index contributed by atoms with van der Waals surface area (Å²) < 4.78 is 46.1. The molecule has 0 N–H and O–H groups in total. The molecule has 0 atom stereocenters. The van der Waals surface area contributed by atoms with Gasteiger partial charge in [-0.2, -0.15) is 3.71 Å². The van der Waals surface area contributed by atoms with E-state index in [4.69, 9.17) is 0 Å². The van der Waals surface area contributed by atoms with Crippen LogP contribution in [-0.2, 0) is 31.8 Å². The van der Waals surface area contributed by atoms with Crippen LogP contribution < -0.4 is 3.71 Å². The van der Waals surface area contributed by atoms with E-state index in [9.17, 15) is 21.9 Å². The number of hydrogen-bond donors (Lipinski definition) is 0. The lowest BCUT2D eigenvalue weighted by Gasteiger charge is -2.19. The van der Waals surface area contributed by atoms with Crippen molar-refractivity contribution in [3.63, 3.8) is 0 Å². The van der Waals surface area contributed by atoms with Crippen LogP contribution in [0.25, 0.3) is 0 Å². The largest absolute Gasteiger partial charge is 0.245 e.